The molecule has 0 bridgehead atoms. The van der Waals surface area contributed by atoms with Gasteiger partial charge < -0.3 is 24.5 Å². The van der Waals surface area contributed by atoms with Gasteiger partial charge in [-0.05, 0) is 29.5 Å². The number of nitrogens with zero attached hydrogens (tertiary/aromatic N) is 3. The van der Waals surface area contributed by atoms with Gasteiger partial charge in [0.05, 0.1) is 24.7 Å². The molecule has 4 rings (SSSR count). The number of amides is 1. The van der Waals surface area contributed by atoms with Crippen molar-refractivity contribution in [3.8, 4) is 11.8 Å². The lowest BCUT2D eigenvalue weighted by molar-refractivity contribution is -0.121. The largest absolute Gasteiger partial charge is 0.488 e. The van der Waals surface area contributed by atoms with E-state index < -0.39 is 23.7 Å². The van der Waals surface area contributed by atoms with Crippen molar-refractivity contribution in [2.24, 2.45) is 0 Å². The maximum Gasteiger partial charge on any atom is 0.441 e. The van der Waals surface area contributed by atoms with Crippen LogP contribution in [0.3, 0.4) is 0 Å². The smallest absolute Gasteiger partial charge is 0.441 e. The van der Waals surface area contributed by atoms with E-state index in [0.717, 1.165) is 18.8 Å². The zero-order valence-electron chi connectivity index (χ0n) is 23.3. The van der Waals surface area contributed by atoms with Crippen LogP contribution in [0, 0.1) is 17.1 Å². The molecule has 1 amide bonds. The molecule has 0 saturated carbocycles. The number of nitriles is 1. The summed E-state index contributed by atoms with van der Waals surface area (Å²) in [5.41, 5.74) is 0.730. The molecule has 224 valence electrons. The van der Waals surface area contributed by atoms with Gasteiger partial charge in [-0.2, -0.15) is 33.8 Å². The number of carbonyl (C=O) groups excluding carboxylic acids is 1. The lowest BCUT2D eigenvalue weighted by Gasteiger charge is -2.26. The van der Waals surface area contributed by atoms with Crippen molar-refractivity contribution < 1.29 is 23.1 Å². The second kappa shape index (κ2) is 16.4. The molecule has 2 unspecified atom stereocenters. The molecule has 42 heavy (non-hydrogen) atoms. The minimum Gasteiger partial charge on any atom is -0.488 e. The summed E-state index contributed by atoms with van der Waals surface area (Å²) in [6.45, 7) is 6.08. The van der Waals surface area contributed by atoms with Gasteiger partial charge in [-0.15, -0.1) is 0 Å². The van der Waals surface area contributed by atoms with Crippen LogP contribution in [0.25, 0.3) is 11.0 Å². The van der Waals surface area contributed by atoms with Crippen LogP contribution < -0.4 is 21.1 Å². The van der Waals surface area contributed by atoms with E-state index in [1.54, 1.807) is 48.2 Å². The Morgan fingerprint density at radius 3 is 2.76 bits per heavy atom. The Labute approximate surface area is 252 Å². The normalized spacial score (nSPS) is 15.1. The monoisotopic (exact) mass is 615 g/mol. The van der Waals surface area contributed by atoms with Crippen molar-refractivity contribution >= 4 is 46.2 Å². The standard InChI is InChI=1S/C29H34FN5O5S2/c1-2-41-18-21(16-31)32-28(36)24(19-42-17-20-6-3-4-8-23(20)30)33-27-22-7-5-9-25(26(22)40-29(37)34-27)39-15-12-35-10-13-38-14-11-35/h3-9,21,24H,2,10-15,17-19H2,1H3,(H,32,36)(H,33,34,37). The van der Waals surface area contributed by atoms with Crippen LogP contribution in [0.1, 0.15) is 12.5 Å². The predicted octanol–water partition coefficient (Wildman–Crippen LogP) is 3.51. The second-order valence-corrected chi connectivity index (χ2v) is 11.8. The van der Waals surface area contributed by atoms with Crippen molar-refractivity contribution in [2.45, 2.75) is 24.8 Å². The SMILES string of the molecule is CCSCC(C#N)NC(=O)C(CSCc1ccccc1F)Nc1nc(=O)oc2c(OCCN3CCOCC3)cccc12. The predicted molar refractivity (Wildman–Crippen MR) is 164 cm³/mol. The summed E-state index contributed by atoms with van der Waals surface area (Å²) >= 11 is 2.89. The maximum atomic E-state index is 14.2. The van der Waals surface area contributed by atoms with E-state index in [0.29, 0.717) is 54.6 Å². The van der Waals surface area contributed by atoms with Gasteiger partial charge >= 0.3 is 5.76 Å². The van der Waals surface area contributed by atoms with Gasteiger partial charge in [-0.3, -0.25) is 9.69 Å². The Bertz CT molecular complexity index is 1430. The molecule has 2 aromatic carbocycles. The van der Waals surface area contributed by atoms with E-state index in [-0.39, 0.29) is 23.0 Å². The topological polar surface area (TPSA) is 130 Å². The fourth-order valence-electron chi connectivity index (χ4n) is 4.27. The van der Waals surface area contributed by atoms with Crippen LogP contribution in [-0.2, 0) is 15.3 Å². The molecule has 0 spiro atoms. The summed E-state index contributed by atoms with van der Waals surface area (Å²) in [7, 11) is 0. The number of halogens is 1. The van der Waals surface area contributed by atoms with E-state index in [4.69, 9.17) is 13.9 Å². The highest BCUT2D eigenvalue weighted by molar-refractivity contribution is 7.99. The van der Waals surface area contributed by atoms with Gasteiger partial charge in [0.2, 0.25) is 5.91 Å². The molecular weight excluding hydrogens is 581 g/mol. The minimum absolute atomic E-state index is 0.156. The molecule has 0 radical (unpaired) electrons. The molecule has 13 heteroatoms. The Kier molecular flexibility index (Phi) is 12.3. The third-order valence-corrected chi connectivity index (χ3v) is 8.55. The fraction of sp³-hybridized carbons (Fsp3) is 0.448. The molecule has 1 saturated heterocycles. The van der Waals surface area contributed by atoms with Crippen LogP contribution in [0.2, 0.25) is 0 Å². The van der Waals surface area contributed by atoms with E-state index in [1.165, 1.54) is 17.8 Å². The number of thioether (sulfide) groups is 2. The van der Waals surface area contributed by atoms with Gasteiger partial charge in [0.25, 0.3) is 0 Å². The minimum atomic E-state index is -0.882. The number of morpholine rings is 1. The number of anilines is 1. The molecule has 10 nitrogen and oxygen atoms in total. The summed E-state index contributed by atoms with van der Waals surface area (Å²) in [6.07, 6.45) is 0. The number of para-hydroxylation sites is 1. The van der Waals surface area contributed by atoms with Gasteiger partial charge in [0.1, 0.15) is 30.3 Å². The van der Waals surface area contributed by atoms with E-state index in [9.17, 15) is 19.2 Å². The Morgan fingerprint density at radius 1 is 1.19 bits per heavy atom. The van der Waals surface area contributed by atoms with Crippen LogP contribution in [0.5, 0.6) is 5.75 Å². The quantitative estimate of drug-likeness (QED) is 0.261. The molecule has 2 atom stereocenters. The number of rotatable bonds is 15. The average molecular weight is 616 g/mol. The molecule has 1 fully saturated rings. The van der Waals surface area contributed by atoms with Crippen molar-refractivity contribution in [3.63, 3.8) is 0 Å². The summed E-state index contributed by atoms with van der Waals surface area (Å²) < 4.78 is 31.0. The highest BCUT2D eigenvalue weighted by atomic mass is 32.2. The first-order valence-electron chi connectivity index (χ1n) is 13.7. The fourth-order valence-corrected chi connectivity index (χ4v) is 5.94. The zero-order chi connectivity index (χ0) is 29.7. The number of aromatic nitrogens is 1. The number of hydrogen-bond donors (Lipinski definition) is 2. The van der Waals surface area contributed by atoms with E-state index in [2.05, 4.69) is 26.6 Å². The highest BCUT2D eigenvalue weighted by Crippen LogP contribution is 2.29. The van der Waals surface area contributed by atoms with Crippen LogP contribution >= 0.6 is 23.5 Å². The number of fused-ring (bicyclic) bond motifs is 1. The molecule has 3 aromatic rings. The number of nitrogens with one attached hydrogen (secondary N) is 2. The summed E-state index contributed by atoms with van der Waals surface area (Å²) in [6, 6.07) is 12.2. The average Bonchev–Trinajstić information content (AvgIpc) is 3.00. The molecule has 2 N–H and O–H groups in total. The molecule has 1 aliphatic rings. The van der Waals surface area contributed by atoms with Crippen molar-refractivity contribution in [1.29, 1.82) is 5.26 Å². The first kappa shape index (κ1) is 31.6. The Balaban J connectivity index is 1.53. The van der Waals surface area contributed by atoms with E-state index >= 15 is 0 Å². The zero-order valence-corrected chi connectivity index (χ0v) is 25.0. The Morgan fingerprint density at radius 2 is 2.00 bits per heavy atom. The van der Waals surface area contributed by atoms with Crippen LogP contribution in [0.4, 0.5) is 10.2 Å². The van der Waals surface area contributed by atoms with Crippen LogP contribution in [-0.4, -0.2) is 84.6 Å². The van der Waals surface area contributed by atoms with Crippen molar-refractivity contribution in [3.05, 3.63) is 64.4 Å². The summed E-state index contributed by atoms with van der Waals surface area (Å²) in [5, 5.41) is 15.9. The maximum absolute atomic E-state index is 14.2. The molecule has 1 aromatic heterocycles. The number of carbonyl (C=O) groups is 1. The second-order valence-electron chi connectivity index (χ2n) is 9.42. The van der Waals surface area contributed by atoms with Crippen molar-refractivity contribution in [1.82, 2.24) is 15.2 Å². The first-order valence-corrected chi connectivity index (χ1v) is 16.0. The Hall–Kier alpha value is -3.31. The summed E-state index contributed by atoms with van der Waals surface area (Å²) in [5.74, 6) is 0.741. The number of ether oxygens (including phenoxy) is 2. The molecule has 0 aliphatic carbocycles. The van der Waals surface area contributed by atoms with Gasteiger partial charge in [0, 0.05) is 36.9 Å². The van der Waals surface area contributed by atoms with Gasteiger partial charge in [0.15, 0.2) is 11.3 Å². The van der Waals surface area contributed by atoms with Gasteiger partial charge in [-0.25, -0.2) is 9.18 Å². The summed E-state index contributed by atoms with van der Waals surface area (Å²) in [4.78, 5) is 32.1. The molecule has 2 heterocycles. The lowest BCUT2D eigenvalue weighted by Crippen LogP contribution is -2.46. The van der Waals surface area contributed by atoms with E-state index in [1.807, 2.05) is 6.92 Å². The lowest BCUT2D eigenvalue weighted by atomic mass is 10.2. The third kappa shape index (κ3) is 9.09. The third-order valence-electron chi connectivity index (χ3n) is 6.48. The van der Waals surface area contributed by atoms with Crippen LogP contribution in [0.15, 0.2) is 51.7 Å². The molecular formula is C29H34FN5O5S2. The number of hydrogen-bond acceptors (Lipinski definition) is 11. The van der Waals surface area contributed by atoms with Gasteiger partial charge in [-0.1, -0.05) is 31.2 Å². The molecule has 1 aliphatic heterocycles. The highest BCUT2D eigenvalue weighted by Gasteiger charge is 2.24. The van der Waals surface area contributed by atoms with Crippen molar-refractivity contribution in [2.75, 3.05) is 62.0 Å². The first-order chi connectivity index (χ1) is 20.5. The number of benzene rings is 2.